The number of ether oxygens (including phenoxy) is 3. The molecule has 14 heteroatoms. The van der Waals surface area contributed by atoms with Crippen molar-refractivity contribution in [3.05, 3.63) is 21.9 Å². The second kappa shape index (κ2) is 12.0. The van der Waals surface area contributed by atoms with Crippen molar-refractivity contribution in [1.29, 1.82) is 0 Å². The Morgan fingerprint density at radius 1 is 1.17 bits per heavy atom. The Labute approximate surface area is 245 Å². The van der Waals surface area contributed by atoms with Crippen molar-refractivity contribution >= 4 is 38.7 Å². The monoisotopic (exact) mass is 649 g/mol. The molecule has 2 aliphatic heterocycles. The molecule has 2 fully saturated rings. The summed E-state index contributed by atoms with van der Waals surface area (Å²) in [6.45, 7) is 6.92. The summed E-state index contributed by atoms with van der Waals surface area (Å²) in [7, 11) is 5.12. The van der Waals surface area contributed by atoms with Gasteiger partial charge < -0.3 is 28.9 Å². The highest BCUT2D eigenvalue weighted by atomic mass is 79.9. The third kappa shape index (κ3) is 6.80. The summed E-state index contributed by atoms with van der Waals surface area (Å²) in [4.78, 5) is 27.0. The molecule has 9 nitrogen and oxygen atoms in total. The van der Waals surface area contributed by atoms with E-state index in [1.807, 2.05) is 7.05 Å². The molecule has 0 unspecified atom stereocenters. The van der Waals surface area contributed by atoms with Crippen LogP contribution in [0.15, 0.2) is 10.5 Å². The van der Waals surface area contributed by atoms with Crippen LogP contribution in [0.4, 0.5) is 28.2 Å². The minimum atomic E-state index is -4.83. The number of carbonyl (C=O) groups excluding carboxylic acids is 1. The SMILES string of the molecule is COC[C@@H]1[C@H](N(C)c2nc(OC[C@@H]3CCCN3C)nc3c(F)c(Br)c(C(F)(F)F)cc23)CCN1C(=O)OC(C)(C)C. The summed E-state index contributed by atoms with van der Waals surface area (Å²) in [5.41, 5.74) is -2.21. The van der Waals surface area contributed by atoms with Crippen molar-refractivity contribution in [2.45, 2.75) is 69.9 Å². The van der Waals surface area contributed by atoms with E-state index in [1.165, 1.54) is 7.11 Å². The lowest BCUT2D eigenvalue weighted by atomic mass is 10.1. The van der Waals surface area contributed by atoms with E-state index in [9.17, 15) is 18.0 Å². The van der Waals surface area contributed by atoms with Crippen molar-refractivity contribution in [3.8, 4) is 6.01 Å². The second-order valence-electron chi connectivity index (χ2n) is 11.5. The molecule has 228 valence electrons. The number of alkyl halides is 3. The van der Waals surface area contributed by atoms with Gasteiger partial charge in [-0.05, 0) is 75.6 Å². The van der Waals surface area contributed by atoms with Crippen LogP contribution < -0.4 is 9.64 Å². The Balaban J connectivity index is 1.77. The first-order valence-corrected chi connectivity index (χ1v) is 14.2. The van der Waals surface area contributed by atoms with Gasteiger partial charge in [0, 0.05) is 32.1 Å². The molecule has 1 amide bonds. The maximum atomic E-state index is 15.5. The standard InChI is InChI=1S/C27H36BrF4N5O4/c1-26(2,3)41-25(38)37-11-9-18(19(37)14-39-6)36(5)23-16-12-17(27(30,31)32)20(28)21(29)22(16)33-24(34-23)40-13-15-8-7-10-35(15)4/h12,15,18-19H,7-11,13-14H2,1-6H3/t15-,18+,19+/m0/s1. The van der Waals surface area contributed by atoms with Crippen LogP contribution in [-0.4, -0.2) is 97.1 Å². The third-order valence-corrected chi connectivity index (χ3v) is 8.30. The van der Waals surface area contributed by atoms with Crippen LogP contribution in [0.3, 0.4) is 0 Å². The molecule has 41 heavy (non-hydrogen) atoms. The van der Waals surface area contributed by atoms with E-state index in [1.54, 1.807) is 37.6 Å². The maximum Gasteiger partial charge on any atom is 0.417 e. The largest absolute Gasteiger partial charge is 0.462 e. The minimum absolute atomic E-state index is 0.0545. The van der Waals surface area contributed by atoms with E-state index in [4.69, 9.17) is 14.2 Å². The number of carbonyl (C=O) groups is 1. The maximum absolute atomic E-state index is 15.5. The molecule has 1 aromatic heterocycles. The number of nitrogens with zero attached hydrogens (tertiary/aromatic N) is 5. The average molecular weight is 651 g/mol. The fourth-order valence-corrected chi connectivity index (χ4v) is 5.96. The molecule has 0 saturated carbocycles. The fourth-order valence-electron chi connectivity index (χ4n) is 5.43. The number of methoxy groups -OCH3 is 1. The Morgan fingerprint density at radius 2 is 1.88 bits per heavy atom. The molecule has 0 spiro atoms. The number of aromatic nitrogens is 2. The number of hydrogen-bond acceptors (Lipinski definition) is 8. The van der Waals surface area contributed by atoms with Gasteiger partial charge in [0.15, 0.2) is 5.82 Å². The smallest absolute Gasteiger partial charge is 0.417 e. The van der Waals surface area contributed by atoms with Crippen molar-refractivity contribution in [2.75, 3.05) is 52.4 Å². The van der Waals surface area contributed by atoms with Crippen molar-refractivity contribution in [3.63, 3.8) is 0 Å². The molecule has 0 bridgehead atoms. The van der Waals surface area contributed by atoms with Gasteiger partial charge in [-0.1, -0.05) is 0 Å². The van der Waals surface area contributed by atoms with Gasteiger partial charge in [0.2, 0.25) is 0 Å². The lowest BCUT2D eigenvalue weighted by molar-refractivity contribution is -0.138. The molecule has 2 aromatic rings. The van der Waals surface area contributed by atoms with Crippen molar-refractivity contribution in [1.82, 2.24) is 19.8 Å². The second-order valence-corrected chi connectivity index (χ2v) is 12.3. The van der Waals surface area contributed by atoms with Gasteiger partial charge in [-0.3, -0.25) is 0 Å². The lowest BCUT2D eigenvalue weighted by Gasteiger charge is -2.34. The Morgan fingerprint density at radius 3 is 2.46 bits per heavy atom. The number of likely N-dealkylation sites (N-methyl/N-ethyl adjacent to an activating group) is 2. The summed E-state index contributed by atoms with van der Waals surface area (Å²) in [5.74, 6) is -1.11. The Kier molecular flexibility index (Phi) is 9.25. The summed E-state index contributed by atoms with van der Waals surface area (Å²) >= 11 is 2.78. The molecule has 0 radical (unpaired) electrons. The highest BCUT2D eigenvalue weighted by Gasteiger charge is 2.43. The molecule has 0 aliphatic carbocycles. The van der Waals surface area contributed by atoms with Crippen molar-refractivity contribution in [2.24, 2.45) is 0 Å². The fraction of sp³-hybridized carbons (Fsp3) is 0.667. The van der Waals surface area contributed by atoms with E-state index in [2.05, 4.69) is 30.8 Å². The molecule has 0 N–H and O–H groups in total. The zero-order valence-electron chi connectivity index (χ0n) is 24.0. The summed E-state index contributed by atoms with van der Waals surface area (Å²) in [5, 5.41) is -0.127. The van der Waals surface area contributed by atoms with Gasteiger partial charge in [0.25, 0.3) is 0 Å². The number of amides is 1. The predicted octanol–water partition coefficient (Wildman–Crippen LogP) is 5.48. The molecule has 2 saturated heterocycles. The number of anilines is 1. The van der Waals surface area contributed by atoms with Crippen LogP contribution >= 0.6 is 15.9 Å². The van der Waals surface area contributed by atoms with Gasteiger partial charge in [-0.15, -0.1) is 0 Å². The Bertz CT molecular complexity index is 1280. The first-order chi connectivity index (χ1) is 19.1. The van der Waals surface area contributed by atoms with Gasteiger partial charge >= 0.3 is 18.3 Å². The van der Waals surface area contributed by atoms with E-state index in [0.717, 1.165) is 25.5 Å². The van der Waals surface area contributed by atoms with Crippen LogP contribution in [0.2, 0.25) is 0 Å². The zero-order valence-corrected chi connectivity index (χ0v) is 25.6. The number of benzene rings is 1. The topological polar surface area (TPSA) is 80.3 Å². The van der Waals surface area contributed by atoms with Crippen LogP contribution in [0, 0.1) is 5.82 Å². The predicted molar refractivity (Wildman–Crippen MR) is 149 cm³/mol. The normalized spacial score (nSPS) is 22.0. The molecular weight excluding hydrogens is 614 g/mol. The highest BCUT2D eigenvalue weighted by molar-refractivity contribution is 9.10. The van der Waals surface area contributed by atoms with E-state index in [0.29, 0.717) is 13.0 Å². The molecule has 4 rings (SSSR count). The van der Waals surface area contributed by atoms with Crippen LogP contribution in [-0.2, 0) is 15.7 Å². The molecule has 3 atom stereocenters. The highest BCUT2D eigenvalue weighted by Crippen LogP contribution is 2.42. The van der Waals surface area contributed by atoms with Crippen LogP contribution in [0.5, 0.6) is 6.01 Å². The summed E-state index contributed by atoms with van der Waals surface area (Å²) in [6.07, 6.45) is -2.99. The van der Waals surface area contributed by atoms with Crippen LogP contribution in [0.25, 0.3) is 10.9 Å². The number of fused-ring (bicyclic) bond motifs is 1. The first-order valence-electron chi connectivity index (χ1n) is 13.4. The number of rotatable bonds is 7. The molecular formula is C27H36BrF4N5O4. The molecule has 3 heterocycles. The van der Waals surface area contributed by atoms with Crippen LogP contribution in [0.1, 0.15) is 45.6 Å². The molecule has 1 aromatic carbocycles. The zero-order chi connectivity index (χ0) is 30.3. The van der Waals surface area contributed by atoms with E-state index < -0.39 is 45.8 Å². The van der Waals surface area contributed by atoms with Gasteiger partial charge in [0.1, 0.15) is 23.5 Å². The lowest BCUT2D eigenvalue weighted by Crippen LogP contribution is -2.49. The summed E-state index contributed by atoms with van der Waals surface area (Å²) in [6, 6.07) is -0.132. The number of halogens is 5. The number of hydrogen-bond donors (Lipinski definition) is 0. The first kappa shape index (κ1) is 31.5. The van der Waals surface area contributed by atoms with E-state index >= 15 is 4.39 Å². The quantitative estimate of drug-likeness (QED) is 0.365. The minimum Gasteiger partial charge on any atom is -0.462 e. The van der Waals surface area contributed by atoms with Crippen molar-refractivity contribution < 1.29 is 36.6 Å². The molecule has 2 aliphatic rings. The van der Waals surface area contributed by atoms with Gasteiger partial charge in [0.05, 0.1) is 28.7 Å². The average Bonchev–Trinajstić information content (AvgIpc) is 3.48. The van der Waals surface area contributed by atoms with E-state index in [-0.39, 0.29) is 42.0 Å². The van der Waals surface area contributed by atoms with Gasteiger partial charge in [-0.25, -0.2) is 9.18 Å². The Hall–Kier alpha value is -2.45. The third-order valence-electron chi connectivity index (χ3n) is 7.52. The van der Waals surface area contributed by atoms with Gasteiger partial charge in [-0.2, -0.15) is 23.1 Å². The number of likely N-dealkylation sites (tertiary alicyclic amines) is 2. The summed E-state index contributed by atoms with van der Waals surface area (Å²) < 4.78 is 73.3.